The van der Waals surface area contributed by atoms with Gasteiger partial charge in [0.2, 0.25) is 0 Å². The van der Waals surface area contributed by atoms with Gasteiger partial charge in [-0.3, -0.25) is 10.1 Å². The number of anilines is 1. The number of amides is 1. The molecule has 25 heavy (non-hydrogen) atoms. The van der Waals surface area contributed by atoms with E-state index in [2.05, 4.69) is 10.3 Å². The molecule has 1 heterocycles. The first-order valence-electron chi connectivity index (χ1n) is 7.71. The highest BCUT2D eigenvalue weighted by Crippen LogP contribution is 2.27. The fraction of sp³-hybridized carbons (Fsp3) is 0. The molecule has 1 N–H and O–H groups in total. The van der Waals surface area contributed by atoms with Crippen molar-refractivity contribution in [2.75, 3.05) is 5.32 Å². The molecule has 4 rings (SSSR count). The molecule has 5 heteroatoms. The second-order valence-corrected chi connectivity index (χ2v) is 6.82. The van der Waals surface area contributed by atoms with Crippen molar-refractivity contribution in [2.45, 2.75) is 0 Å². The van der Waals surface area contributed by atoms with Gasteiger partial charge < -0.3 is 0 Å². The van der Waals surface area contributed by atoms with Gasteiger partial charge in [0.15, 0.2) is 5.13 Å². The molecular formula is C20H13ClN2OS. The summed E-state index contributed by atoms with van der Waals surface area (Å²) in [5, 5.41) is 8.03. The quantitative estimate of drug-likeness (QED) is 0.494. The lowest BCUT2D eigenvalue weighted by molar-refractivity contribution is 0.102. The number of nitrogens with zero attached hydrogens (tertiary/aromatic N) is 1. The largest absolute Gasteiger partial charge is 0.298 e. The minimum atomic E-state index is -0.159. The minimum Gasteiger partial charge on any atom is -0.298 e. The predicted octanol–water partition coefficient (Wildman–Crippen LogP) is 5.87. The highest BCUT2D eigenvalue weighted by atomic mass is 35.5. The Bertz CT molecular complexity index is 1050. The summed E-state index contributed by atoms with van der Waals surface area (Å²) in [5.41, 5.74) is 2.42. The summed E-state index contributed by atoms with van der Waals surface area (Å²) in [6.45, 7) is 0. The van der Waals surface area contributed by atoms with Crippen molar-refractivity contribution in [2.24, 2.45) is 0 Å². The van der Waals surface area contributed by atoms with E-state index in [1.165, 1.54) is 11.3 Å². The zero-order valence-corrected chi connectivity index (χ0v) is 14.6. The first-order chi connectivity index (χ1) is 12.2. The molecule has 1 amide bonds. The van der Waals surface area contributed by atoms with Gasteiger partial charge in [-0.2, -0.15) is 0 Å². The zero-order chi connectivity index (χ0) is 17.2. The van der Waals surface area contributed by atoms with Crippen LogP contribution in [0.1, 0.15) is 10.4 Å². The fourth-order valence-corrected chi connectivity index (χ4v) is 3.51. The predicted molar refractivity (Wildman–Crippen MR) is 104 cm³/mol. The summed E-state index contributed by atoms with van der Waals surface area (Å²) < 4.78 is 0. The molecule has 0 unspecified atom stereocenters. The van der Waals surface area contributed by atoms with Crippen molar-refractivity contribution in [3.8, 4) is 11.3 Å². The molecule has 0 bridgehead atoms. The van der Waals surface area contributed by atoms with E-state index in [0.717, 1.165) is 22.0 Å². The average Bonchev–Trinajstić information content (AvgIpc) is 3.10. The van der Waals surface area contributed by atoms with Crippen LogP contribution in [0.5, 0.6) is 0 Å². The number of halogens is 1. The maximum absolute atomic E-state index is 12.7. The van der Waals surface area contributed by atoms with E-state index < -0.39 is 0 Å². The number of carbonyl (C=O) groups is 1. The highest BCUT2D eigenvalue weighted by molar-refractivity contribution is 7.14. The number of fused-ring (bicyclic) bond motifs is 1. The molecule has 0 aliphatic carbocycles. The van der Waals surface area contributed by atoms with Gasteiger partial charge in [-0.15, -0.1) is 11.3 Å². The van der Waals surface area contributed by atoms with Gasteiger partial charge >= 0.3 is 0 Å². The van der Waals surface area contributed by atoms with E-state index in [0.29, 0.717) is 15.7 Å². The molecule has 0 atom stereocenters. The minimum absolute atomic E-state index is 0.159. The Hall–Kier alpha value is -2.69. The van der Waals surface area contributed by atoms with Crippen LogP contribution in [0.2, 0.25) is 5.02 Å². The van der Waals surface area contributed by atoms with Gasteiger partial charge in [-0.1, -0.05) is 60.1 Å². The van der Waals surface area contributed by atoms with Crippen molar-refractivity contribution in [1.29, 1.82) is 0 Å². The van der Waals surface area contributed by atoms with E-state index in [4.69, 9.17) is 11.6 Å². The fourth-order valence-electron chi connectivity index (χ4n) is 2.67. The first-order valence-corrected chi connectivity index (χ1v) is 8.97. The molecule has 0 spiro atoms. The van der Waals surface area contributed by atoms with Crippen molar-refractivity contribution in [1.82, 2.24) is 4.98 Å². The number of hydrogen-bond donors (Lipinski definition) is 1. The summed E-state index contributed by atoms with van der Waals surface area (Å²) in [7, 11) is 0. The Morgan fingerprint density at radius 1 is 0.960 bits per heavy atom. The van der Waals surface area contributed by atoms with Crippen molar-refractivity contribution >= 4 is 44.7 Å². The third kappa shape index (κ3) is 3.27. The van der Waals surface area contributed by atoms with E-state index >= 15 is 0 Å². The molecule has 0 fully saturated rings. The average molecular weight is 365 g/mol. The molecule has 0 saturated carbocycles. The second-order valence-electron chi connectivity index (χ2n) is 5.53. The summed E-state index contributed by atoms with van der Waals surface area (Å²) >= 11 is 7.31. The Balaban J connectivity index is 1.60. The zero-order valence-electron chi connectivity index (χ0n) is 13.1. The molecule has 0 aliphatic rings. The van der Waals surface area contributed by atoms with Crippen LogP contribution >= 0.6 is 22.9 Å². The van der Waals surface area contributed by atoms with Crippen LogP contribution in [-0.4, -0.2) is 10.9 Å². The SMILES string of the molecule is O=C(Nc1nc(-c2ccc(Cl)cc2)cs1)c1cccc2ccccc12. The highest BCUT2D eigenvalue weighted by Gasteiger charge is 2.12. The lowest BCUT2D eigenvalue weighted by atomic mass is 10.0. The van der Waals surface area contributed by atoms with Gasteiger partial charge in [0.25, 0.3) is 5.91 Å². The molecular weight excluding hydrogens is 352 g/mol. The second kappa shape index (κ2) is 6.67. The van der Waals surface area contributed by atoms with E-state index in [-0.39, 0.29) is 5.91 Å². The van der Waals surface area contributed by atoms with E-state index in [1.54, 1.807) is 0 Å². The smallest absolute Gasteiger partial charge is 0.258 e. The van der Waals surface area contributed by atoms with Crippen LogP contribution in [0.15, 0.2) is 72.1 Å². The molecule has 122 valence electrons. The normalized spacial score (nSPS) is 10.8. The Labute approximate surface area is 153 Å². The molecule has 1 aromatic heterocycles. The van der Waals surface area contributed by atoms with E-state index in [1.807, 2.05) is 72.1 Å². The van der Waals surface area contributed by atoms with E-state index in [9.17, 15) is 4.79 Å². The van der Waals surface area contributed by atoms with Crippen LogP contribution < -0.4 is 5.32 Å². The number of rotatable bonds is 3. The topological polar surface area (TPSA) is 42.0 Å². The third-order valence-corrected chi connectivity index (χ3v) is 4.91. The van der Waals surface area contributed by atoms with Crippen LogP contribution in [-0.2, 0) is 0 Å². The number of hydrogen-bond acceptors (Lipinski definition) is 3. The first kappa shape index (κ1) is 15.8. The molecule has 0 radical (unpaired) electrons. The Morgan fingerprint density at radius 2 is 1.72 bits per heavy atom. The third-order valence-electron chi connectivity index (χ3n) is 3.90. The van der Waals surface area contributed by atoms with Crippen LogP contribution in [0, 0.1) is 0 Å². The number of benzene rings is 3. The van der Waals surface area contributed by atoms with Crippen LogP contribution in [0.25, 0.3) is 22.0 Å². The summed E-state index contributed by atoms with van der Waals surface area (Å²) in [6, 6.07) is 21.0. The van der Waals surface area contributed by atoms with Crippen LogP contribution in [0.3, 0.4) is 0 Å². The lowest BCUT2D eigenvalue weighted by Crippen LogP contribution is -2.12. The number of carbonyl (C=O) groups excluding carboxylic acids is 1. The van der Waals surface area contributed by atoms with Crippen LogP contribution in [0.4, 0.5) is 5.13 Å². The summed E-state index contributed by atoms with van der Waals surface area (Å²) in [6.07, 6.45) is 0. The Morgan fingerprint density at radius 3 is 2.56 bits per heavy atom. The van der Waals surface area contributed by atoms with Crippen molar-refractivity contribution in [3.05, 3.63) is 82.7 Å². The maximum Gasteiger partial charge on any atom is 0.258 e. The molecule has 3 nitrogen and oxygen atoms in total. The van der Waals surface area contributed by atoms with Gasteiger partial charge in [0.1, 0.15) is 0 Å². The molecule has 0 aliphatic heterocycles. The van der Waals surface area contributed by atoms with Crippen molar-refractivity contribution in [3.63, 3.8) is 0 Å². The molecule has 3 aromatic carbocycles. The van der Waals surface area contributed by atoms with Gasteiger partial charge in [-0.25, -0.2) is 4.98 Å². The standard InChI is InChI=1S/C20H13ClN2OS/c21-15-10-8-14(9-11-15)18-12-25-20(22-18)23-19(24)17-7-3-5-13-4-1-2-6-16(13)17/h1-12H,(H,22,23,24). The monoisotopic (exact) mass is 364 g/mol. The molecule has 0 saturated heterocycles. The van der Waals surface area contributed by atoms with Gasteiger partial charge in [-0.05, 0) is 29.0 Å². The number of nitrogens with one attached hydrogen (secondary N) is 1. The maximum atomic E-state index is 12.7. The number of aromatic nitrogens is 1. The number of thiazole rings is 1. The van der Waals surface area contributed by atoms with Crippen molar-refractivity contribution < 1.29 is 4.79 Å². The molecule has 4 aromatic rings. The summed E-state index contributed by atoms with van der Waals surface area (Å²) in [5.74, 6) is -0.159. The van der Waals surface area contributed by atoms with Gasteiger partial charge in [0.05, 0.1) is 5.69 Å². The Kier molecular flexibility index (Phi) is 4.22. The van der Waals surface area contributed by atoms with Gasteiger partial charge in [0, 0.05) is 21.5 Å². The summed E-state index contributed by atoms with van der Waals surface area (Å²) in [4.78, 5) is 17.2. The lowest BCUT2D eigenvalue weighted by Gasteiger charge is -2.06.